The van der Waals surface area contributed by atoms with Crippen LogP contribution in [0.15, 0.2) is 53.4 Å². The van der Waals surface area contributed by atoms with Crippen LogP contribution in [0.4, 0.5) is 0 Å². The Morgan fingerprint density at radius 1 is 1.00 bits per heavy atom. The van der Waals surface area contributed by atoms with Gasteiger partial charge in [0.2, 0.25) is 15.9 Å². The predicted octanol–water partition coefficient (Wildman–Crippen LogP) is 2.49. The molecule has 1 amide bonds. The number of H-pyrrole nitrogens is 1. The SMILES string of the molecule is O=C(C1CCN(S(=O)(=O)c2ccc3nc(-c4ccccc4)[nH]c3c2)CC1)N1CCOCC1. The normalized spacial score (nSPS) is 18.8. The quantitative estimate of drug-likeness (QED) is 0.654. The number of benzene rings is 2. The third-order valence-electron chi connectivity index (χ3n) is 6.26. The Kier molecular flexibility index (Phi) is 5.71. The van der Waals surface area contributed by atoms with Gasteiger partial charge in [0.1, 0.15) is 5.82 Å². The van der Waals surface area contributed by atoms with Crippen LogP contribution in [0.1, 0.15) is 12.8 Å². The van der Waals surface area contributed by atoms with E-state index in [1.165, 1.54) is 4.31 Å². The van der Waals surface area contributed by atoms with Gasteiger partial charge in [-0.3, -0.25) is 4.79 Å². The predicted molar refractivity (Wildman–Crippen MR) is 120 cm³/mol. The molecular formula is C23H26N4O4S. The highest BCUT2D eigenvalue weighted by Crippen LogP contribution is 2.28. The topological polar surface area (TPSA) is 95.6 Å². The fraction of sp³-hybridized carbons (Fsp3) is 0.391. The number of aromatic nitrogens is 2. The standard InChI is InChI=1S/C23H26N4O4S/c28-23(26-12-14-31-15-13-26)18-8-10-27(11-9-18)32(29,30)19-6-7-20-21(16-19)25-22(24-20)17-4-2-1-3-5-17/h1-7,16,18H,8-15H2,(H,24,25). The summed E-state index contributed by atoms with van der Waals surface area (Å²) in [6.07, 6.45) is 1.08. The Balaban J connectivity index is 1.30. The second-order valence-corrected chi connectivity index (χ2v) is 10.2. The summed E-state index contributed by atoms with van der Waals surface area (Å²) >= 11 is 0. The molecule has 2 saturated heterocycles. The van der Waals surface area contributed by atoms with Crippen molar-refractivity contribution in [3.05, 3.63) is 48.5 Å². The second-order valence-electron chi connectivity index (χ2n) is 8.25. The van der Waals surface area contributed by atoms with Gasteiger partial charge >= 0.3 is 0 Å². The van der Waals surface area contributed by atoms with Gasteiger partial charge in [-0.15, -0.1) is 0 Å². The van der Waals surface area contributed by atoms with Crippen molar-refractivity contribution < 1.29 is 17.9 Å². The molecule has 1 N–H and O–H groups in total. The van der Waals surface area contributed by atoms with E-state index >= 15 is 0 Å². The Labute approximate surface area is 187 Å². The van der Waals surface area contributed by atoms with Gasteiger partial charge in [0.25, 0.3) is 0 Å². The molecule has 0 unspecified atom stereocenters. The van der Waals surface area contributed by atoms with Gasteiger partial charge in [0, 0.05) is 37.7 Å². The third-order valence-corrected chi connectivity index (χ3v) is 8.16. The molecule has 2 fully saturated rings. The Hall–Kier alpha value is -2.75. The van der Waals surface area contributed by atoms with Crippen LogP contribution < -0.4 is 0 Å². The van der Waals surface area contributed by atoms with Crippen LogP contribution in [0.3, 0.4) is 0 Å². The van der Waals surface area contributed by atoms with E-state index in [1.54, 1.807) is 18.2 Å². The van der Waals surface area contributed by atoms with E-state index < -0.39 is 10.0 Å². The number of nitrogens with zero attached hydrogens (tertiary/aromatic N) is 3. The van der Waals surface area contributed by atoms with Crippen molar-refractivity contribution >= 4 is 27.0 Å². The molecule has 0 spiro atoms. The second kappa shape index (κ2) is 8.65. The van der Waals surface area contributed by atoms with Crippen molar-refractivity contribution in [1.82, 2.24) is 19.2 Å². The lowest BCUT2D eigenvalue weighted by Crippen LogP contribution is -2.47. The van der Waals surface area contributed by atoms with Gasteiger partial charge in [-0.25, -0.2) is 13.4 Å². The fourth-order valence-electron chi connectivity index (χ4n) is 4.42. The zero-order valence-electron chi connectivity index (χ0n) is 17.7. The summed E-state index contributed by atoms with van der Waals surface area (Å²) in [5, 5.41) is 0. The van der Waals surface area contributed by atoms with Crippen LogP contribution in [0.5, 0.6) is 0 Å². The maximum atomic E-state index is 13.3. The molecule has 1 aromatic heterocycles. The number of rotatable bonds is 4. The van der Waals surface area contributed by atoms with E-state index in [9.17, 15) is 13.2 Å². The van der Waals surface area contributed by atoms with Gasteiger partial charge in [0.15, 0.2) is 0 Å². The van der Waals surface area contributed by atoms with Crippen LogP contribution in [0.25, 0.3) is 22.4 Å². The molecule has 32 heavy (non-hydrogen) atoms. The zero-order chi connectivity index (χ0) is 22.1. The van der Waals surface area contributed by atoms with Gasteiger partial charge in [-0.2, -0.15) is 4.31 Å². The lowest BCUT2D eigenvalue weighted by molar-refractivity contribution is -0.140. The number of imidazole rings is 1. The van der Waals surface area contributed by atoms with E-state index in [1.807, 2.05) is 35.2 Å². The summed E-state index contributed by atoms with van der Waals surface area (Å²) < 4.78 is 33.3. The summed E-state index contributed by atoms with van der Waals surface area (Å²) in [7, 11) is -3.64. The number of carbonyl (C=O) groups is 1. The molecule has 0 aliphatic carbocycles. The summed E-state index contributed by atoms with van der Waals surface area (Å²) in [5.41, 5.74) is 2.35. The first-order chi connectivity index (χ1) is 15.5. The first-order valence-electron chi connectivity index (χ1n) is 10.9. The van der Waals surface area contributed by atoms with Crippen molar-refractivity contribution in [2.45, 2.75) is 17.7 Å². The monoisotopic (exact) mass is 454 g/mol. The molecule has 168 valence electrons. The van der Waals surface area contributed by atoms with Crippen molar-refractivity contribution in [3.63, 3.8) is 0 Å². The molecule has 9 heteroatoms. The van der Waals surface area contributed by atoms with Crippen LogP contribution in [0.2, 0.25) is 0 Å². The molecule has 2 aliphatic heterocycles. The number of hydrogen-bond donors (Lipinski definition) is 1. The van der Waals surface area contributed by atoms with Crippen LogP contribution in [0, 0.1) is 5.92 Å². The number of hydrogen-bond acceptors (Lipinski definition) is 5. The van der Waals surface area contributed by atoms with Crippen molar-refractivity contribution in [3.8, 4) is 11.4 Å². The highest BCUT2D eigenvalue weighted by Gasteiger charge is 2.34. The average Bonchev–Trinajstić information content (AvgIpc) is 3.28. The number of fused-ring (bicyclic) bond motifs is 1. The van der Waals surface area contributed by atoms with Crippen LogP contribution in [-0.2, 0) is 19.6 Å². The Morgan fingerprint density at radius 3 is 2.44 bits per heavy atom. The van der Waals surface area contributed by atoms with E-state index in [0.29, 0.717) is 63.6 Å². The fourth-order valence-corrected chi connectivity index (χ4v) is 5.91. The molecule has 0 radical (unpaired) electrons. The molecule has 5 rings (SSSR count). The van der Waals surface area contributed by atoms with E-state index in [-0.39, 0.29) is 16.7 Å². The van der Waals surface area contributed by atoms with Crippen molar-refractivity contribution in [2.24, 2.45) is 5.92 Å². The van der Waals surface area contributed by atoms with Crippen molar-refractivity contribution in [2.75, 3.05) is 39.4 Å². The molecule has 3 aromatic rings. The molecule has 0 saturated carbocycles. The van der Waals surface area contributed by atoms with Crippen LogP contribution >= 0.6 is 0 Å². The number of piperidine rings is 1. The smallest absolute Gasteiger partial charge is 0.243 e. The van der Waals surface area contributed by atoms with Gasteiger partial charge < -0.3 is 14.6 Å². The first-order valence-corrected chi connectivity index (χ1v) is 12.4. The minimum atomic E-state index is -3.64. The lowest BCUT2D eigenvalue weighted by atomic mass is 9.96. The summed E-state index contributed by atoms with van der Waals surface area (Å²) in [6, 6.07) is 14.7. The number of carbonyl (C=O) groups excluding carboxylic acids is 1. The number of sulfonamides is 1. The maximum absolute atomic E-state index is 13.3. The number of nitrogens with one attached hydrogen (secondary N) is 1. The Morgan fingerprint density at radius 2 is 1.72 bits per heavy atom. The van der Waals surface area contributed by atoms with Gasteiger partial charge in [-0.1, -0.05) is 30.3 Å². The molecule has 2 aromatic carbocycles. The molecule has 3 heterocycles. The largest absolute Gasteiger partial charge is 0.378 e. The Bertz CT molecular complexity index is 1210. The highest BCUT2D eigenvalue weighted by atomic mass is 32.2. The zero-order valence-corrected chi connectivity index (χ0v) is 18.6. The van der Waals surface area contributed by atoms with E-state index in [2.05, 4.69) is 9.97 Å². The summed E-state index contributed by atoms with van der Waals surface area (Å²) in [5.74, 6) is 0.707. The average molecular weight is 455 g/mol. The maximum Gasteiger partial charge on any atom is 0.243 e. The van der Waals surface area contributed by atoms with E-state index in [4.69, 9.17) is 4.74 Å². The molecule has 8 nitrogen and oxygen atoms in total. The molecule has 0 atom stereocenters. The minimum Gasteiger partial charge on any atom is -0.378 e. The number of ether oxygens (including phenoxy) is 1. The summed E-state index contributed by atoms with van der Waals surface area (Å²) in [6.45, 7) is 3.07. The number of morpholine rings is 1. The van der Waals surface area contributed by atoms with Crippen LogP contribution in [-0.4, -0.2) is 72.9 Å². The molecule has 0 bridgehead atoms. The van der Waals surface area contributed by atoms with Gasteiger partial charge in [-0.05, 0) is 31.0 Å². The third kappa shape index (κ3) is 4.03. The molecular weight excluding hydrogens is 428 g/mol. The van der Waals surface area contributed by atoms with Crippen molar-refractivity contribution in [1.29, 1.82) is 0 Å². The minimum absolute atomic E-state index is 0.122. The number of amides is 1. The molecule has 2 aliphatic rings. The lowest BCUT2D eigenvalue weighted by Gasteiger charge is -2.35. The highest BCUT2D eigenvalue weighted by molar-refractivity contribution is 7.89. The van der Waals surface area contributed by atoms with E-state index in [0.717, 1.165) is 11.1 Å². The number of aromatic amines is 1. The van der Waals surface area contributed by atoms with Gasteiger partial charge in [0.05, 0.1) is 29.1 Å². The first kappa shape index (κ1) is 21.1. The summed E-state index contributed by atoms with van der Waals surface area (Å²) in [4.78, 5) is 22.6.